The summed E-state index contributed by atoms with van der Waals surface area (Å²) in [5.41, 5.74) is 2.76. The fourth-order valence-electron chi connectivity index (χ4n) is 4.20. The molecule has 1 saturated heterocycles. The number of anilines is 1. The number of aryl methyl sites for hydroxylation is 2. The number of fused-ring (bicyclic) bond motifs is 1. The number of allylic oxidation sites excluding steroid dienone is 2. The number of alkyl halides is 3. The Bertz CT molecular complexity index is 1430. The van der Waals surface area contributed by atoms with Gasteiger partial charge in [0.25, 0.3) is 5.56 Å². The first-order valence-electron chi connectivity index (χ1n) is 12.5. The molecule has 0 amide bonds. The molecule has 0 bridgehead atoms. The molecule has 2 N–H and O–H groups in total. The van der Waals surface area contributed by atoms with Crippen molar-refractivity contribution in [2.45, 2.75) is 46.0 Å². The third-order valence-corrected chi connectivity index (χ3v) is 6.23. The van der Waals surface area contributed by atoms with E-state index in [0.717, 1.165) is 45.0 Å². The van der Waals surface area contributed by atoms with E-state index in [9.17, 15) is 22.8 Å². The molecule has 0 aliphatic carbocycles. The normalized spacial score (nSPS) is 13.6. The summed E-state index contributed by atoms with van der Waals surface area (Å²) in [6, 6.07) is 10.1. The zero-order valence-corrected chi connectivity index (χ0v) is 22.2. The smallest absolute Gasteiger partial charge is 0.475 e. The highest BCUT2D eigenvalue weighted by molar-refractivity contribution is 5.75. The number of aromatic nitrogens is 4. The maximum atomic E-state index is 13.5. The minimum Gasteiger partial charge on any atom is -0.475 e. The van der Waals surface area contributed by atoms with Gasteiger partial charge in [-0.05, 0) is 32.3 Å². The second kappa shape index (κ2) is 12.8. The molecule has 1 fully saturated rings. The van der Waals surface area contributed by atoms with E-state index < -0.39 is 12.1 Å². The van der Waals surface area contributed by atoms with Crippen LogP contribution in [0.5, 0.6) is 0 Å². The van der Waals surface area contributed by atoms with Crippen LogP contribution in [0.1, 0.15) is 25.8 Å². The van der Waals surface area contributed by atoms with Gasteiger partial charge in [0.2, 0.25) is 5.95 Å². The number of carboxylic acid groups (broad SMARTS) is 1. The first kappa shape index (κ1) is 29.7. The Labute approximate surface area is 223 Å². The van der Waals surface area contributed by atoms with Crippen LogP contribution < -0.4 is 21.5 Å². The SMILES string of the molecule is CC(C)=CCn1c(N2CCNCC2)nc2c1c(=O)n(CCCc1ccccc1)c(=O)n2C.O=C(O)C(F)(F)F. The fourth-order valence-corrected chi connectivity index (χ4v) is 4.20. The Morgan fingerprint density at radius 3 is 2.28 bits per heavy atom. The van der Waals surface area contributed by atoms with E-state index in [1.165, 1.54) is 20.3 Å². The molecule has 0 unspecified atom stereocenters. The second-order valence-electron chi connectivity index (χ2n) is 9.40. The van der Waals surface area contributed by atoms with Crippen LogP contribution in [0.4, 0.5) is 19.1 Å². The molecule has 1 aliphatic heterocycles. The van der Waals surface area contributed by atoms with E-state index in [0.29, 0.717) is 24.3 Å². The standard InChI is InChI=1S/C24H32N6O2.C2HF3O2/c1-18(2)11-15-29-20-21(26-23(29)28-16-12-25-13-17-28)27(3)24(32)30(22(20)31)14-7-10-19-8-5-4-6-9-19;3-2(4,5)1(6)7/h4-6,8-9,11,25H,7,10,12-17H2,1-3H3;(H,6,7). The molecule has 0 saturated carbocycles. The van der Waals surface area contributed by atoms with Crippen LogP contribution in [0.25, 0.3) is 11.2 Å². The average Bonchev–Trinajstić information content (AvgIpc) is 3.29. The minimum atomic E-state index is -5.08. The van der Waals surface area contributed by atoms with Crippen LogP contribution >= 0.6 is 0 Å². The molecule has 4 rings (SSSR count). The Balaban J connectivity index is 0.000000532. The molecule has 3 aromatic rings. The van der Waals surface area contributed by atoms with E-state index in [1.54, 1.807) is 7.05 Å². The number of carbonyl (C=O) groups is 1. The molecule has 1 aliphatic rings. The van der Waals surface area contributed by atoms with Crippen molar-refractivity contribution in [3.63, 3.8) is 0 Å². The number of halogens is 3. The average molecular weight is 551 g/mol. The molecule has 0 atom stereocenters. The third-order valence-electron chi connectivity index (χ3n) is 6.23. The van der Waals surface area contributed by atoms with Crippen molar-refractivity contribution in [3.8, 4) is 0 Å². The van der Waals surface area contributed by atoms with Gasteiger partial charge in [0, 0.05) is 46.3 Å². The van der Waals surface area contributed by atoms with Crippen molar-refractivity contribution >= 4 is 23.1 Å². The van der Waals surface area contributed by atoms with Gasteiger partial charge >= 0.3 is 17.8 Å². The molecule has 10 nitrogen and oxygen atoms in total. The van der Waals surface area contributed by atoms with E-state index in [2.05, 4.69) is 28.4 Å². The van der Waals surface area contributed by atoms with Gasteiger partial charge in [-0.3, -0.25) is 13.9 Å². The molecule has 13 heteroatoms. The van der Waals surface area contributed by atoms with Crippen LogP contribution in [-0.2, 0) is 31.4 Å². The van der Waals surface area contributed by atoms with Crippen molar-refractivity contribution < 1.29 is 23.1 Å². The highest BCUT2D eigenvalue weighted by Crippen LogP contribution is 2.21. The lowest BCUT2D eigenvalue weighted by molar-refractivity contribution is -0.192. The quantitative estimate of drug-likeness (QED) is 0.435. The van der Waals surface area contributed by atoms with Crippen LogP contribution in [0.2, 0.25) is 0 Å². The lowest BCUT2D eigenvalue weighted by Crippen LogP contribution is -2.44. The van der Waals surface area contributed by atoms with Gasteiger partial charge in [-0.1, -0.05) is 42.0 Å². The molecule has 2 aromatic heterocycles. The minimum absolute atomic E-state index is 0.257. The lowest BCUT2D eigenvalue weighted by Gasteiger charge is -2.28. The summed E-state index contributed by atoms with van der Waals surface area (Å²) < 4.78 is 36.6. The molecule has 0 radical (unpaired) electrons. The Hall–Kier alpha value is -3.87. The summed E-state index contributed by atoms with van der Waals surface area (Å²) in [6.07, 6.45) is -1.45. The van der Waals surface area contributed by atoms with Gasteiger partial charge < -0.3 is 19.9 Å². The van der Waals surface area contributed by atoms with E-state index >= 15 is 0 Å². The summed E-state index contributed by atoms with van der Waals surface area (Å²) >= 11 is 0. The zero-order valence-electron chi connectivity index (χ0n) is 22.2. The first-order chi connectivity index (χ1) is 18.4. The zero-order chi connectivity index (χ0) is 28.7. The lowest BCUT2D eigenvalue weighted by atomic mass is 10.1. The maximum absolute atomic E-state index is 13.5. The number of rotatable bonds is 7. The number of hydrogen-bond donors (Lipinski definition) is 2. The highest BCUT2D eigenvalue weighted by atomic mass is 19.4. The number of imidazole rings is 1. The van der Waals surface area contributed by atoms with E-state index in [1.807, 2.05) is 36.6 Å². The predicted molar refractivity (Wildman–Crippen MR) is 142 cm³/mol. The number of piperazine rings is 1. The van der Waals surface area contributed by atoms with Gasteiger partial charge in [0.05, 0.1) is 0 Å². The van der Waals surface area contributed by atoms with Crippen LogP contribution in [0.3, 0.4) is 0 Å². The molecule has 212 valence electrons. The second-order valence-corrected chi connectivity index (χ2v) is 9.40. The van der Waals surface area contributed by atoms with Crippen LogP contribution in [-0.4, -0.2) is 62.1 Å². The number of nitrogens with one attached hydrogen (secondary N) is 1. The van der Waals surface area contributed by atoms with Crippen LogP contribution in [0.15, 0.2) is 51.6 Å². The highest BCUT2D eigenvalue weighted by Gasteiger charge is 2.38. The van der Waals surface area contributed by atoms with Crippen molar-refractivity contribution in [3.05, 3.63) is 68.4 Å². The van der Waals surface area contributed by atoms with Gasteiger partial charge in [-0.25, -0.2) is 9.59 Å². The number of benzene rings is 1. The van der Waals surface area contributed by atoms with Crippen molar-refractivity contribution in [2.75, 3.05) is 31.1 Å². The summed E-state index contributed by atoms with van der Waals surface area (Å²) in [5.74, 6) is -2.00. The van der Waals surface area contributed by atoms with Crippen molar-refractivity contribution in [1.29, 1.82) is 0 Å². The van der Waals surface area contributed by atoms with Gasteiger partial charge in [0.15, 0.2) is 11.2 Å². The summed E-state index contributed by atoms with van der Waals surface area (Å²) in [6.45, 7) is 8.39. The largest absolute Gasteiger partial charge is 0.490 e. The summed E-state index contributed by atoms with van der Waals surface area (Å²) in [7, 11) is 1.71. The Morgan fingerprint density at radius 2 is 1.72 bits per heavy atom. The van der Waals surface area contributed by atoms with Gasteiger partial charge in [0.1, 0.15) is 0 Å². The maximum Gasteiger partial charge on any atom is 0.490 e. The predicted octanol–water partition coefficient (Wildman–Crippen LogP) is 2.54. The molecular formula is C26H33F3N6O4. The van der Waals surface area contributed by atoms with Gasteiger partial charge in [-0.2, -0.15) is 18.2 Å². The fraction of sp³-hybridized carbons (Fsp3) is 0.462. The van der Waals surface area contributed by atoms with Crippen molar-refractivity contribution in [2.24, 2.45) is 7.05 Å². The van der Waals surface area contributed by atoms with E-state index in [4.69, 9.17) is 14.9 Å². The van der Waals surface area contributed by atoms with Crippen LogP contribution in [0, 0.1) is 0 Å². The van der Waals surface area contributed by atoms with Crippen molar-refractivity contribution in [1.82, 2.24) is 24.0 Å². The van der Waals surface area contributed by atoms with Gasteiger partial charge in [-0.15, -0.1) is 0 Å². The Morgan fingerprint density at radius 1 is 1.10 bits per heavy atom. The summed E-state index contributed by atoms with van der Waals surface area (Å²) in [4.78, 5) is 42.5. The molecule has 1 aromatic carbocycles. The first-order valence-corrected chi connectivity index (χ1v) is 12.5. The molecule has 39 heavy (non-hydrogen) atoms. The number of carboxylic acids is 1. The number of hydrogen-bond acceptors (Lipinski definition) is 6. The monoisotopic (exact) mass is 550 g/mol. The molecule has 3 heterocycles. The van der Waals surface area contributed by atoms with E-state index in [-0.39, 0.29) is 11.2 Å². The number of nitrogens with zero attached hydrogens (tertiary/aromatic N) is 5. The molecule has 0 spiro atoms. The summed E-state index contributed by atoms with van der Waals surface area (Å²) in [5, 5.41) is 10.5. The Kier molecular flexibility index (Phi) is 9.73. The molecular weight excluding hydrogens is 517 g/mol. The number of aliphatic carboxylic acids is 1. The third kappa shape index (κ3) is 7.37. The topological polar surface area (TPSA) is 114 Å².